The molecule has 140 valence electrons. The van der Waals surface area contributed by atoms with Crippen molar-refractivity contribution in [3.63, 3.8) is 0 Å². The van der Waals surface area contributed by atoms with Crippen LogP contribution in [0.5, 0.6) is 0 Å². The molecule has 26 heavy (non-hydrogen) atoms. The first-order valence-corrected chi connectivity index (χ1v) is 8.99. The summed E-state index contributed by atoms with van der Waals surface area (Å²) in [5.74, 6) is 0.477. The lowest BCUT2D eigenvalue weighted by Crippen LogP contribution is -2.48. The van der Waals surface area contributed by atoms with Crippen molar-refractivity contribution in [3.05, 3.63) is 41.5 Å². The van der Waals surface area contributed by atoms with Crippen molar-refractivity contribution in [2.24, 2.45) is 11.7 Å². The zero-order chi connectivity index (χ0) is 18.7. The zero-order valence-electron chi connectivity index (χ0n) is 15.2. The number of hydrogen-bond donors (Lipinski definition) is 1. The van der Waals surface area contributed by atoms with Crippen LogP contribution in [0.4, 0.5) is 4.39 Å². The Balaban J connectivity index is 1.85. The second-order valence-corrected chi connectivity index (χ2v) is 7.07. The summed E-state index contributed by atoms with van der Waals surface area (Å²) < 4.78 is 15.1. The Morgan fingerprint density at radius 3 is 2.92 bits per heavy atom. The van der Waals surface area contributed by atoms with Gasteiger partial charge in [-0.1, -0.05) is 12.1 Å². The summed E-state index contributed by atoms with van der Waals surface area (Å²) in [6.45, 7) is 5.07. The van der Waals surface area contributed by atoms with E-state index in [4.69, 9.17) is 5.73 Å². The van der Waals surface area contributed by atoms with E-state index in [0.717, 1.165) is 18.4 Å². The summed E-state index contributed by atoms with van der Waals surface area (Å²) in [6, 6.07) is 5.73. The molecule has 0 saturated carbocycles. The molecular weight excluding hydrogens is 335 g/mol. The fourth-order valence-corrected chi connectivity index (χ4v) is 3.54. The highest BCUT2D eigenvalue weighted by molar-refractivity contribution is 5.81. The van der Waals surface area contributed by atoms with Gasteiger partial charge in [-0.25, -0.2) is 9.07 Å². The summed E-state index contributed by atoms with van der Waals surface area (Å²) in [6.07, 6.45) is 2.29. The van der Waals surface area contributed by atoms with Crippen molar-refractivity contribution in [1.29, 1.82) is 0 Å². The van der Waals surface area contributed by atoms with E-state index in [1.807, 2.05) is 17.9 Å². The van der Waals surface area contributed by atoms with Gasteiger partial charge in [0.1, 0.15) is 17.7 Å². The van der Waals surface area contributed by atoms with E-state index in [2.05, 4.69) is 15.5 Å². The Kier molecular flexibility index (Phi) is 5.61. The number of aromatic nitrogens is 4. The van der Waals surface area contributed by atoms with E-state index in [0.29, 0.717) is 25.3 Å². The Hall–Kier alpha value is -2.35. The molecule has 2 heterocycles. The number of benzene rings is 1. The van der Waals surface area contributed by atoms with Crippen LogP contribution >= 0.6 is 0 Å². The lowest BCUT2D eigenvalue weighted by atomic mass is 9.91. The number of carbonyl (C=O) groups is 1. The summed E-state index contributed by atoms with van der Waals surface area (Å²) >= 11 is 0. The van der Waals surface area contributed by atoms with Crippen LogP contribution in [-0.2, 0) is 11.2 Å². The molecule has 0 bridgehead atoms. The number of rotatable bonds is 5. The van der Waals surface area contributed by atoms with Crippen LogP contribution in [0.3, 0.4) is 0 Å². The molecule has 3 atom stereocenters. The van der Waals surface area contributed by atoms with E-state index in [1.54, 1.807) is 13.0 Å². The first-order chi connectivity index (χ1) is 12.5. The average Bonchev–Trinajstić information content (AvgIpc) is 3.05. The lowest BCUT2D eigenvalue weighted by molar-refractivity contribution is -0.137. The predicted molar refractivity (Wildman–Crippen MR) is 94.6 cm³/mol. The van der Waals surface area contributed by atoms with Gasteiger partial charge in [0.05, 0.1) is 0 Å². The molecule has 0 radical (unpaired) electrons. The second kappa shape index (κ2) is 7.90. The van der Waals surface area contributed by atoms with E-state index < -0.39 is 6.04 Å². The van der Waals surface area contributed by atoms with Gasteiger partial charge in [-0.05, 0) is 60.7 Å². The van der Waals surface area contributed by atoms with Gasteiger partial charge in [0.15, 0.2) is 0 Å². The molecule has 7 nitrogen and oxygen atoms in total. The van der Waals surface area contributed by atoms with Gasteiger partial charge < -0.3 is 10.6 Å². The Morgan fingerprint density at radius 1 is 1.46 bits per heavy atom. The molecule has 1 saturated heterocycles. The van der Waals surface area contributed by atoms with Crippen LogP contribution < -0.4 is 5.73 Å². The smallest absolute Gasteiger partial charge is 0.247 e. The molecule has 1 aliphatic rings. The highest BCUT2D eigenvalue weighted by Crippen LogP contribution is 2.24. The lowest BCUT2D eigenvalue weighted by Gasteiger charge is -2.36. The quantitative estimate of drug-likeness (QED) is 0.872. The van der Waals surface area contributed by atoms with Crippen LogP contribution in [0.2, 0.25) is 0 Å². The van der Waals surface area contributed by atoms with Crippen LogP contribution in [0.1, 0.15) is 37.2 Å². The Labute approximate surface area is 152 Å². The van der Waals surface area contributed by atoms with Crippen LogP contribution in [-0.4, -0.2) is 50.1 Å². The van der Waals surface area contributed by atoms with Gasteiger partial charge in [-0.15, -0.1) is 5.10 Å². The number of aryl methyl sites for hydroxylation is 1. The van der Waals surface area contributed by atoms with Crippen molar-refractivity contribution >= 4 is 5.91 Å². The maximum atomic E-state index is 13.6. The van der Waals surface area contributed by atoms with E-state index in [-0.39, 0.29) is 23.7 Å². The summed E-state index contributed by atoms with van der Waals surface area (Å²) in [5.41, 5.74) is 6.78. The first-order valence-electron chi connectivity index (χ1n) is 8.99. The topological polar surface area (TPSA) is 89.9 Å². The largest absolute Gasteiger partial charge is 0.340 e. The van der Waals surface area contributed by atoms with Crippen molar-refractivity contribution in [3.8, 4) is 0 Å². The van der Waals surface area contributed by atoms with Crippen molar-refractivity contribution in [1.82, 2.24) is 25.1 Å². The molecule has 1 fully saturated rings. The highest BCUT2D eigenvalue weighted by Gasteiger charge is 2.32. The zero-order valence-corrected chi connectivity index (χ0v) is 15.2. The molecule has 2 N–H and O–H groups in total. The maximum Gasteiger partial charge on any atom is 0.247 e. The SMILES string of the molecule is Cc1nnnn1C(Cc1cccc(F)c1)C(=O)N1CCCC(C(C)N)C1. The average molecular weight is 360 g/mol. The van der Waals surface area contributed by atoms with Crippen LogP contribution in [0.25, 0.3) is 0 Å². The summed E-state index contributed by atoms with van der Waals surface area (Å²) in [4.78, 5) is 15.1. The summed E-state index contributed by atoms with van der Waals surface area (Å²) in [7, 11) is 0. The van der Waals surface area contributed by atoms with Crippen LogP contribution in [0, 0.1) is 18.7 Å². The van der Waals surface area contributed by atoms with Crippen molar-refractivity contribution in [2.75, 3.05) is 13.1 Å². The fraction of sp³-hybridized carbons (Fsp3) is 0.556. The van der Waals surface area contributed by atoms with Crippen molar-refractivity contribution in [2.45, 2.75) is 45.2 Å². The monoisotopic (exact) mass is 360 g/mol. The third-order valence-electron chi connectivity index (χ3n) is 5.07. The van der Waals surface area contributed by atoms with E-state index >= 15 is 0 Å². The molecule has 3 rings (SSSR count). The molecular formula is C18H25FN6O. The molecule has 2 aromatic rings. The minimum Gasteiger partial charge on any atom is -0.340 e. The van der Waals surface area contributed by atoms with E-state index in [1.165, 1.54) is 16.8 Å². The minimum atomic E-state index is -0.598. The molecule has 1 amide bonds. The predicted octanol–water partition coefficient (Wildman–Crippen LogP) is 1.49. The van der Waals surface area contributed by atoms with Gasteiger partial charge >= 0.3 is 0 Å². The van der Waals surface area contributed by atoms with Gasteiger partial charge in [0, 0.05) is 25.6 Å². The molecule has 1 aromatic heterocycles. The minimum absolute atomic E-state index is 0.0436. The second-order valence-electron chi connectivity index (χ2n) is 7.07. The normalized spacial score (nSPS) is 20.0. The standard InChI is InChI=1S/C18H25FN6O/c1-12(20)15-6-4-8-24(11-15)18(26)17(25-13(2)21-22-23-25)10-14-5-3-7-16(19)9-14/h3,5,7,9,12,15,17H,4,6,8,10-11,20H2,1-2H3. The Morgan fingerprint density at radius 2 is 2.27 bits per heavy atom. The molecule has 0 spiro atoms. The molecule has 1 aromatic carbocycles. The maximum absolute atomic E-state index is 13.6. The van der Waals surface area contributed by atoms with Gasteiger partial charge in [0.25, 0.3) is 0 Å². The summed E-state index contributed by atoms with van der Waals surface area (Å²) in [5, 5.41) is 11.6. The number of hydrogen-bond acceptors (Lipinski definition) is 5. The van der Waals surface area contributed by atoms with Crippen LogP contribution in [0.15, 0.2) is 24.3 Å². The van der Waals surface area contributed by atoms with Gasteiger partial charge in [0.2, 0.25) is 5.91 Å². The molecule has 8 heteroatoms. The highest BCUT2D eigenvalue weighted by atomic mass is 19.1. The number of halogens is 1. The number of piperidine rings is 1. The molecule has 0 aliphatic carbocycles. The number of nitrogens with zero attached hydrogens (tertiary/aromatic N) is 5. The number of nitrogens with two attached hydrogens (primary N) is 1. The number of amides is 1. The van der Waals surface area contributed by atoms with Gasteiger partial charge in [-0.3, -0.25) is 4.79 Å². The number of likely N-dealkylation sites (tertiary alicyclic amines) is 1. The third kappa shape index (κ3) is 4.07. The first kappa shape index (κ1) is 18.4. The third-order valence-corrected chi connectivity index (χ3v) is 5.07. The van der Waals surface area contributed by atoms with Crippen molar-refractivity contribution < 1.29 is 9.18 Å². The number of carbonyl (C=O) groups excluding carboxylic acids is 1. The van der Waals surface area contributed by atoms with E-state index in [9.17, 15) is 9.18 Å². The van der Waals surface area contributed by atoms with Gasteiger partial charge in [-0.2, -0.15) is 0 Å². The number of tetrazole rings is 1. The fourth-order valence-electron chi connectivity index (χ4n) is 3.54. The molecule has 1 aliphatic heterocycles. The Bertz CT molecular complexity index is 762. The molecule has 3 unspecified atom stereocenters.